The molecule has 100 valence electrons. The largest absolute Gasteiger partial charge is 0.394 e. The van der Waals surface area contributed by atoms with E-state index in [1.807, 2.05) is 0 Å². The fraction of sp³-hybridized carbons (Fsp3) is 0.545. The molecule has 1 aromatic rings. The summed E-state index contributed by atoms with van der Waals surface area (Å²) in [6, 6.07) is 1.65. The summed E-state index contributed by atoms with van der Waals surface area (Å²) in [5.74, 6) is 0.611. The molecule has 7 nitrogen and oxygen atoms in total. The van der Waals surface area contributed by atoms with Crippen LogP contribution >= 0.6 is 0 Å². The van der Waals surface area contributed by atoms with Gasteiger partial charge in [0, 0.05) is 18.7 Å². The topological polar surface area (TPSA) is 97.5 Å². The molecular weight excluding hydrogens is 238 g/mol. The SMILES string of the molecule is Cc1cc(NCCCOCCO)ncc1[N+](=O)[O-]. The molecule has 0 saturated heterocycles. The average Bonchev–Trinajstić information content (AvgIpc) is 2.33. The van der Waals surface area contributed by atoms with Gasteiger partial charge in [0.25, 0.3) is 5.69 Å². The van der Waals surface area contributed by atoms with Crippen molar-refractivity contribution in [2.24, 2.45) is 0 Å². The van der Waals surface area contributed by atoms with Crippen LogP contribution in [0.3, 0.4) is 0 Å². The second-order valence-electron chi connectivity index (χ2n) is 3.73. The molecule has 0 bridgehead atoms. The van der Waals surface area contributed by atoms with E-state index in [9.17, 15) is 10.1 Å². The number of aliphatic hydroxyl groups is 1. The van der Waals surface area contributed by atoms with Gasteiger partial charge in [-0.2, -0.15) is 0 Å². The molecular formula is C11H17N3O4. The number of aliphatic hydroxyl groups excluding tert-OH is 1. The second kappa shape index (κ2) is 7.57. The van der Waals surface area contributed by atoms with Crippen LogP contribution in [0.15, 0.2) is 12.3 Å². The number of pyridine rings is 1. The summed E-state index contributed by atoms with van der Waals surface area (Å²) in [5, 5.41) is 22.2. The smallest absolute Gasteiger partial charge is 0.290 e. The van der Waals surface area contributed by atoms with Gasteiger partial charge in [-0.15, -0.1) is 0 Å². The van der Waals surface area contributed by atoms with E-state index >= 15 is 0 Å². The van der Waals surface area contributed by atoms with Crippen LogP contribution in [0.25, 0.3) is 0 Å². The number of hydrogen-bond acceptors (Lipinski definition) is 6. The number of anilines is 1. The van der Waals surface area contributed by atoms with Gasteiger partial charge >= 0.3 is 0 Å². The summed E-state index contributed by atoms with van der Waals surface area (Å²) in [6.07, 6.45) is 2.03. The Kier molecular flexibility index (Phi) is 6.03. The molecule has 0 amide bonds. The van der Waals surface area contributed by atoms with Gasteiger partial charge in [0.2, 0.25) is 0 Å². The number of nitrogens with zero attached hydrogens (tertiary/aromatic N) is 2. The van der Waals surface area contributed by atoms with Gasteiger partial charge < -0.3 is 15.2 Å². The van der Waals surface area contributed by atoms with Gasteiger partial charge in [0.05, 0.1) is 18.1 Å². The van der Waals surface area contributed by atoms with E-state index in [2.05, 4.69) is 10.3 Å². The molecule has 0 aliphatic carbocycles. The fourth-order valence-electron chi connectivity index (χ4n) is 1.39. The summed E-state index contributed by atoms with van der Waals surface area (Å²) in [4.78, 5) is 14.1. The Morgan fingerprint density at radius 1 is 1.56 bits per heavy atom. The molecule has 1 aromatic heterocycles. The standard InChI is InChI=1S/C11H17N3O4/c1-9-7-11(13-8-10(9)14(16)17)12-3-2-5-18-6-4-15/h7-8,15H,2-6H2,1H3,(H,12,13). The van der Waals surface area contributed by atoms with E-state index in [0.717, 1.165) is 6.42 Å². The van der Waals surface area contributed by atoms with Crippen molar-refractivity contribution in [2.75, 3.05) is 31.7 Å². The molecule has 7 heteroatoms. The Bertz CT molecular complexity index is 398. The molecule has 0 radical (unpaired) electrons. The summed E-state index contributed by atoms with van der Waals surface area (Å²) in [7, 11) is 0. The summed E-state index contributed by atoms with van der Waals surface area (Å²) >= 11 is 0. The summed E-state index contributed by atoms with van der Waals surface area (Å²) in [5.41, 5.74) is 0.598. The van der Waals surface area contributed by atoms with Gasteiger partial charge in [-0.3, -0.25) is 10.1 Å². The molecule has 0 unspecified atom stereocenters. The first-order valence-corrected chi connectivity index (χ1v) is 5.68. The van der Waals surface area contributed by atoms with E-state index in [0.29, 0.717) is 31.1 Å². The van der Waals surface area contributed by atoms with Crippen LogP contribution in [0.5, 0.6) is 0 Å². The van der Waals surface area contributed by atoms with E-state index in [4.69, 9.17) is 9.84 Å². The second-order valence-corrected chi connectivity index (χ2v) is 3.73. The Labute approximate surface area is 105 Å². The molecule has 0 aliphatic heterocycles. The Morgan fingerprint density at radius 2 is 2.33 bits per heavy atom. The van der Waals surface area contributed by atoms with Gasteiger partial charge in [-0.1, -0.05) is 0 Å². The molecule has 18 heavy (non-hydrogen) atoms. The minimum Gasteiger partial charge on any atom is -0.394 e. The van der Waals surface area contributed by atoms with Crippen molar-refractivity contribution < 1.29 is 14.8 Å². The Balaban J connectivity index is 2.35. The third kappa shape index (κ3) is 4.64. The number of rotatable bonds is 8. The third-order valence-corrected chi connectivity index (χ3v) is 2.29. The first kappa shape index (κ1) is 14.3. The zero-order valence-electron chi connectivity index (χ0n) is 10.3. The maximum absolute atomic E-state index is 10.6. The number of aryl methyl sites for hydroxylation is 1. The summed E-state index contributed by atoms with van der Waals surface area (Å²) in [6.45, 7) is 3.26. The lowest BCUT2D eigenvalue weighted by Gasteiger charge is -2.06. The first-order valence-electron chi connectivity index (χ1n) is 5.68. The molecule has 0 aromatic carbocycles. The molecule has 0 atom stereocenters. The number of aromatic nitrogens is 1. The molecule has 0 aliphatic rings. The van der Waals surface area contributed by atoms with Crippen molar-refractivity contribution in [2.45, 2.75) is 13.3 Å². The van der Waals surface area contributed by atoms with E-state index < -0.39 is 4.92 Å². The van der Waals surface area contributed by atoms with Crippen molar-refractivity contribution in [1.82, 2.24) is 4.98 Å². The molecule has 0 fully saturated rings. The van der Waals surface area contributed by atoms with Crippen LogP contribution in [0.1, 0.15) is 12.0 Å². The Morgan fingerprint density at radius 3 is 2.94 bits per heavy atom. The van der Waals surface area contributed by atoms with Crippen molar-refractivity contribution in [1.29, 1.82) is 0 Å². The monoisotopic (exact) mass is 255 g/mol. The average molecular weight is 255 g/mol. The van der Waals surface area contributed by atoms with Crippen LogP contribution in [-0.4, -0.2) is 41.4 Å². The maximum Gasteiger partial charge on any atom is 0.290 e. The van der Waals surface area contributed by atoms with Crippen molar-refractivity contribution >= 4 is 11.5 Å². The lowest BCUT2D eigenvalue weighted by atomic mass is 10.2. The highest BCUT2D eigenvalue weighted by atomic mass is 16.6. The van der Waals surface area contributed by atoms with Crippen molar-refractivity contribution in [3.63, 3.8) is 0 Å². The molecule has 0 saturated carbocycles. The quantitative estimate of drug-likeness (QED) is 0.410. The van der Waals surface area contributed by atoms with Crippen LogP contribution in [-0.2, 0) is 4.74 Å². The van der Waals surface area contributed by atoms with Crippen molar-refractivity contribution in [3.05, 3.63) is 27.9 Å². The van der Waals surface area contributed by atoms with Gasteiger partial charge in [0.15, 0.2) is 0 Å². The molecule has 0 spiro atoms. The number of nitro groups is 1. The van der Waals surface area contributed by atoms with Crippen molar-refractivity contribution in [3.8, 4) is 0 Å². The number of nitrogens with one attached hydrogen (secondary N) is 1. The Hall–Kier alpha value is -1.73. The highest BCUT2D eigenvalue weighted by Crippen LogP contribution is 2.18. The zero-order chi connectivity index (χ0) is 13.4. The van der Waals surface area contributed by atoms with Crippen LogP contribution in [0, 0.1) is 17.0 Å². The van der Waals surface area contributed by atoms with Crippen LogP contribution < -0.4 is 5.32 Å². The highest BCUT2D eigenvalue weighted by Gasteiger charge is 2.10. The number of hydrogen-bond donors (Lipinski definition) is 2. The predicted octanol–water partition coefficient (Wildman–Crippen LogP) is 1.11. The van der Waals surface area contributed by atoms with E-state index in [-0.39, 0.29) is 12.3 Å². The van der Waals surface area contributed by atoms with Crippen LogP contribution in [0.4, 0.5) is 11.5 Å². The lowest BCUT2D eigenvalue weighted by Crippen LogP contribution is -2.08. The first-order chi connectivity index (χ1) is 8.65. The molecule has 1 heterocycles. The molecule has 1 rings (SSSR count). The number of ether oxygens (including phenoxy) is 1. The minimum atomic E-state index is -0.450. The predicted molar refractivity (Wildman–Crippen MR) is 66.6 cm³/mol. The summed E-state index contributed by atoms with van der Waals surface area (Å²) < 4.78 is 5.10. The fourth-order valence-corrected chi connectivity index (χ4v) is 1.39. The van der Waals surface area contributed by atoms with E-state index in [1.165, 1.54) is 6.20 Å². The third-order valence-electron chi connectivity index (χ3n) is 2.29. The minimum absolute atomic E-state index is 0.0202. The van der Waals surface area contributed by atoms with E-state index in [1.54, 1.807) is 13.0 Å². The normalized spacial score (nSPS) is 10.3. The lowest BCUT2D eigenvalue weighted by molar-refractivity contribution is -0.385. The highest BCUT2D eigenvalue weighted by molar-refractivity contribution is 5.46. The molecule has 2 N–H and O–H groups in total. The maximum atomic E-state index is 10.6. The van der Waals surface area contributed by atoms with Gasteiger partial charge in [0.1, 0.15) is 12.0 Å². The van der Waals surface area contributed by atoms with Gasteiger partial charge in [-0.25, -0.2) is 4.98 Å². The zero-order valence-corrected chi connectivity index (χ0v) is 10.3. The van der Waals surface area contributed by atoms with Crippen LogP contribution in [0.2, 0.25) is 0 Å². The van der Waals surface area contributed by atoms with Gasteiger partial charge in [-0.05, 0) is 19.4 Å².